The Kier molecular flexibility index (Phi) is 5.86. The van der Waals surface area contributed by atoms with E-state index in [0.717, 1.165) is 16.8 Å². The first-order valence-corrected chi connectivity index (χ1v) is 6.99. The molecule has 2 aromatic carbocycles. The van der Waals surface area contributed by atoms with Gasteiger partial charge < -0.3 is 4.98 Å². The number of hydrogen-bond acceptors (Lipinski definition) is 1. The van der Waals surface area contributed by atoms with Gasteiger partial charge in [-0.15, -0.1) is 35.9 Å². The molecular weight excluding hydrogens is 449 g/mol. The molecule has 1 heterocycles. The molecule has 112 valence electrons. The Hall–Kier alpha value is -1.98. The van der Waals surface area contributed by atoms with Gasteiger partial charge in [0.2, 0.25) is 0 Å². The molecule has 0 atom stereocenters. The van der Waals surface area contributed by atoms with E-state index < -0.39 is 0 Å². The number of nitrogens with zero attached hydrogens (tertiary/aromatic N) is 1. The Morgan fingerprint density at radius 2 is 1.77 bits per heavy atom. The summed E-state index contributed by atoms with van der Waals surface area (Å²) in [4.78, 5) is 4.50. The smallest absolute Gasteiger partial charge is 0.0233 e. The predicted octanol–water partition coefficient (Wildman–Crippen LogP) is 5.03. The van der Waals surface area contributed by atoms with Gasteiger partial charge in [0.25, 0.3) is 0 Å². The van der Waals surface area contributed by atoms with Crippen molar-refractivity contribution >= 4 is 12.2 Å². The summed E-state index contributed by atoms with van der Waals surface area (Å²) in [5, 5.41) is 0. The third-order valence-electron chi connectivity index (χ3n) is 3.28. The van der Waals surface area contributed by atoms with Crippen LogP contribution in [0, 0.1) is 13.0 Å². The average Bonchev–Trinajstić information content (AvgIpc) is 2.54. The topological polar surface area (TPSA) is 12.9 Å². The molecule has 0 N–H and O–H groups in total. The number of hydrogen-bond donors (Lipinski definition) is 0. The van der Waals surface area contributed by atoms with Crippen molar-refractivity contribution < 1.29 is 21.1 Å². The maximum absolute atomic E-state index is 4.50. The minimum Gasteiger partial charge on any atom is -0.304 e. The third-order valence-corrected chi connectivity index (χ3v) is 3.28. The minimum absolute atomic E-state index is 0. The van der Waals surface area contributed by atoms with Gasteiger partial charge >= 0.3 is 0 Å². The summed E-state index contributed by atoms with van der Waals surface area (Å²) in [7, 11) is 0. The van der Waals surface area contributed by atoms with Gasteiger partial charge in [0.1, 0.15) is 0 Å². The van der Waals surface area contributed by atoms with Crippen molar-refractivity contribution in [2.24, 2.45) is 0 Å². The molecular formula is C20H16NPt-. The second kappa shape index (κ2) is 7.87. The Bertz CT molecular complexity index is 746. The molecule has 1 aromatic heterocycles. The average molecular weight is 465 g/mol. The predicted molar refractivity (Wildman–Crippen MR) is 88.6 cm³/mol. The number of aryl methyl sites for hydroxylation is 1. The SMILES string of the molecule is Cc1cccc(/C=C/c2ccc(-c3[c-]cccc3)nc2)c1.[Pt]. The molecule has 22 heavy (non-hydrogen) atoms. The summed E-state index contributed by atoms with van der Waals surface area (Å²) in [5.74, 6) is 0. The fourth-order valence-electron chi connectivity index (χ4n) is 2.18. The molecule has 0 fully saturated rings. The van der Waals surface area contributed by atoms with E-state index in [4.69, 9.17) is 0 Å². The van der Waals surface area contributed by atoms with Crippen LogP contribution in [0.5, 0.6) is 0 Å². The molecule has 0 unspecified atom stereocenters. The van der Waals surface area contributed by atoms with E-state index in [-0.39, 0.29) is 21.1 Å². The Balaban J connectivity index is 0.00000176. The summed E-state index contributed by atoms with van der Waals surface area (Å²) in [6.45, 7) is 2.10. The van der Waals surface area contributed by atoms with Crippen molar-refractivity contribution in [2.45, 2.75) is 6.92 Å². The first-order chi connectivity index (χ1) is 10.3. The standard InChI is InChI=1S/C20H16N.Pt/c1-16-6-5-7-17(14-16)10-11-18-12-13-20(21-15-18)19-8-3-2-4-9-19;/h2-8,10-15H,1H3;/q-1;/b11-10+;. The van der Waals surface area contributed by atoms with E-state index in [0.29, 0.717) is 0 Å². The van der Waals surface area contributed by atoms with Gasteiger partial charge in [-0.2, -0.15) is 0 Å². The van der Waals surface area contributed by atoms with Crippen LogP contribution in [0.1, 0.15) is 16.7 Å². The van der Waals surface area contributed by atoms with E-state index in [1.54, 1.807) is 0 Å². The molecule has 0 aliphatic rings. The van der Waals surface area contributed by atoms with Gasteiger partial charge in [-0.25, -0.2) is 0 Å². The zero-order valence-corrected chi connectivity index (χ0v) is 14.5. The molecule has 3 rings (SSSR count). The zero-order chi connectivity index (χ0) is 14.5. The molecule has 0 saturated carbocycles. The summed E-state index contributed by atoms with van der Waals surface area (Å²) in [6, 6.07) is 23.6. The normalized spacial score (nSPS) is 10.4. The largest absolute Gasteiger partial charge is 0.304 e. The first-order valence-electron chi connectivity index (χ1n) is 6.99. The Morgan fingerprint density at radius 3 is 2.45 bits per heavy atom. The summed E-state index contributed by atoms with van der Waals surface area (Å²) < 4.78 is 0. The number of rotatable bonds is 3. The van der Waals surface area contributed by atoms with Crippen molar-refractivity contribution in [3.8, 4) is 11.3 Å². The van der Waals surface area contributed by atoms with Crippen molar-refractivity contribution in [2.75, 3.05) is 0 Å². The number of pyridine rings is 1. The maximum atomic E-state index is 4.50. The molecule has 0 aliphatic carbocycles. The van der Waals surface area contributed by atoms with Gasteiger partial charge in [-0.05, 0) is 23.7 Å². The molecule has 0 spiro atoms. The van der Waals surface area contributed by atoms with E-state index in [1.165, 1.54) is 11.1 Å². The van der Waals surface area contributed by atoms with Crippen molar-refractivity contribution in [3.63, 3.8) is 0 Å². The molecule has 0 bridgehead atoms. The summed E-state index contributed by atoms with van der Waals surface area (Å²) in [5.41, 5.74) is 5.53. The van der Waals surface area contributed by atoms with Crippen molar-refractivity contribution in [1.82, 2.24) is 4.98 Å². The van der Waals surface area contributed by atoms with E-state index >= 15 is 0 Å². The van der Waals surface area contributed by atoms with Gasteiger partial charge in [0.05, 0.1) is 0 Å². The van der Waals surface area contributed by atoms with Crippen LogP contribution in [-0.4, -0.2) is 4.98 Å². The van der Waals surface area contributed by atoms with Gasteiger partial charge in [0, 0.05) is 27.3 Å². The molecule has 0 saturated heterocycles. The number of aromatic nitrogens is 1. The first kappa shape index (κ1) is 16.4. The van der Waals surface area contributed by atoms with Crippen LogP contribution in [0.2, 0.25) is 0 Å². The summed E-state index contributed by atoms with van der Waals surface area (Å²) >= 11 is 0. The van der Waals surface area contributed by atoms with Crippen LogP contribution in [0.4, 0.5) is 0 Å². The van der Waals surface area contributed by atoms with E-state index in [9.17, 15) is 0 Å². The minimum atomic E-state index is 0. The van der Waals surface area contributed by atoms with Gasteiger partial charge in [0.15, 0.2) is 0 Å². The second-order valence-electron chi connectivity index (χ2n) is 5.00. The van der Waals surface area contributed by atoms with Crippen LogP contribution < -0.4 is 0 Å². The van der Waals surface area contributed by atoms with Gasteiger partial charge in [-0.3, -0.25) is 0 Å². The van der Waals surface area contributed by atoms with Gasteiger partial charge in [-0.1, -0.05) is 54.1 Å². The fourth-order valence-corrected chi connectivity index (χ4v) is 2.18. The third kappa shape index (κ3) is 4.26. The zero-order valence-electron chi connectivity index (χ0n) is 12.3. The number of benzene rings is 2. The fraction of sp³-hybridized carbons (Fsp3) is 0.0500. The molecule has 3 aromatic rings. The Morgan fingerprint density at radius 1 is 0.909 bits per heavy atom. The van der Waals surface area contributed by atoms with Crippen LogP contribution in [0.3, 0.4) is 0 Å². The maximum Gasteiger partial charge on any atom is 0.0233 e. The quantitative estimate of drug-likeness (QED) is 0.495. The van der Waals surface area contributed by atoms with Crippen molar-refractivity contribution in [3.05, 3.63) is 89.6 Å². The van der Waals surface area contributed by atoms with Crippen molar-refractivity contribution in [1.29, 1.82) is 0 Å². The summed E-state index contributed by atoms with van der Waals surface area (Å²) in [6.07, 6.45) is 6.08. The Labute approximate surface area is 146 Å². The van der Waals surface area contributed by atoms with Crippen LogP contribution in [0.25, 0.3) is 23.4 Å². The monoisotopic (exact) mass is 465 g/mol. The molecule has 1 nitrogen and oxygen atoms in total. The van der Waals surface area contributed by atoms with Crippen LogP contribution in [0.15, 0.2) is 66.9 Å². The van der Waals surface area contributed by atoms with E-state index in [2.05, 4.69) is 60.5 Å². The molecule has 2 heteroatoms. The van der Waals surface area contributed by atoms with Crippen LogP contribution >= 0.6 is 0 Å². The molecule has 0 amide bonds. The van der Waals surface area contributed by atoms with E-state index in [1.807, 2.05) is 36.5 Å². The molecule has 0 aliphatic heterocycles. The molecule has 0 radical (unpaired) electrons. The van der Waals surface area contributed by atoms with Crippen LogP contribution in [-0.2, 0) is 21.1 Å². The second-order valence-corrected chi connectivity index (χ2v) is 5.00.